The van der Waals surface area contributed by atoms with Crippen LogP contribution in [0.2, 0.25) is 5.02 Å². The van der Waals surface area contributed by atoms with Crippen molar-refractivity contribution < 1.29 is 13.6 Å². The van der Waals surface area contributed by atoms with Gasteiger partial charge in [0.15, 0.2) is 0 Å². The van der Waals surface area contributed by atoms with Crippen LogP contribution in [-0.2, 0) is 17.8 Å². The highest BCUT2D eigenvalue weighted by Crippen LogP contribution is 2.17. The van der Waals surface area contributed by atoms with Gasteiger partial charge in [-0.05, 0) is 30.2 Å². The first kappa shape index (κ1) is 16.3. The summed E-state index contributed by atoms with van der Waals surface area (Å²) in [5.74, 6) is -0.112. The molecule has 0 unspecified atom stereocenters. The summed E-state index contributed by atoms with van der Waals surface area (Å²) in [4.78, 5) is 19.4. The molecular weight excluding hydrogens is 312 g/mol. The van der Waals surface area contributed by atoms with Gasteiger partial charge >= 0.3 is 0 Å². The average molecular weight is 326 g/mol. The van der Waals surface area contributed by atoms with E-state index in [9.17, 15) is 13.6 Å². The van der Waals surface area contributed by atoms with Gasteiger partial charge in [0.1, 0.15) is 11.5 Å². The van der Waals surface area contributed by atoms with Crippen molar-refractivity contribution in [3.05, 3.63) is 58.1 Å². The predicted octanol–water partition coefficient (Wildman–Crippen LogP) is 3.23. The fourth-order valence-corrected chi connectivity index (χ4v) is 2.00. The number of aryl methyl sites for hydroxylation is 1. The molecule has 1 aromatic carbocycles. The molecule has 1 amide bonds. The Morgan fingerprint density at radius 3 is 2.82 bits per heavy atom. The highest BCUT2D eigenvalue weighted by Gasteiger charge is 2.11. The van der Waals surface area contributed by atoms with E-state index in [1.807, 2.05) is 19.1 Å². The maximum Gasteiger partial charge on any atom is 0.280 e. The summed E-state index contributed by atoms with van der Waals surface area (Å²) < 4.78 is 25.0. The van der Waals surface area contributed by atoms with E-state index < -0.39 is 6.43 Å². The molecule has 1 heterocycles. The molecule has 22 heavy (non-hydrogen) atoms. The highest BCUT2D eigenvalue weighted by atomic mass is 35.5. The molecule has 2 rings (SSSR count). The molecule has 0 radical (unpaired) electrons. The summed E-state index contributed by atoms with van der Waals surface area (Å²) in [6.45, 7) is 1.87. The van der Waals surface area contributed by atoms with Crippen molar-refractivity contribution in [1.29, 1.82) is 0 Å². The maximum atomic E-state index is 12.5. The van der Waals surface area contributed by atoms with Crippen molar-refractivity contribution >= 4 is 17.5 Å². The molecule has 0 aliphatic heterocycles. The lowest BCUT2D eigenvalue weighted by Gasteiger charge is -2.07. The van der Waals surface area contributed by atoms with Crippen LogP contribution < -0.4 is 5.32 Å². The van der Waals surface area contributed by atoms with Crippen LogP contribution in [0.15, 0.2) is 30.5 Å². The van der Waals surface area contributed by atoms with E-state index in [0.717, 1.165) is 17.2 Å². The number of alkyl halides is 2. The average Bonchev–Trinajstić information content (AvgIpc) is 2.49. The molecule has 116 valence electrons. The molecule has 2 aromatic rings. The second kappa shape index (κ2) is 7.26. The van der Waals surface area contributed by atoms with E-state index in [-0.39, 0.29) is 30.4 Å². The van der Waals surface area contributed by atoms with E-state index in [1.54, 1.807) is 6.07 Å². The number of carbonyl (C=O) groups excluding carboxylic acids is 1. The van der Waals surface area contributed by atoms with E-state index in [4.69, 9.17) is 11.6 Å². The second-order valence-corrected chi connectivity index (χ2v) is 5.14. The number of rotatable bonds is 5. The zero-order chi connectivity index (χ0) is 16.1. The molecule has 0 atom stereocenters. The lowest BCUT2D eigenvalue weighted by Crippen LogP contribution is -2.25. The second-order valence-electron chi connectivity index (χ2n) is 4.74. The number of nitrogens with zero attached hydrogens (tertiary/aromatic N) is 2. The van der Waals surface area contributed by atoms with Gasteiger partial charge in [-0.2, -0.15) is 0 Å². The zero-order valence-corrected chi connectivity index (χ0v) is 12.6. The number of amides is 1. The molecule has 1 N–H and O–H groups in total. The number of nitrogens with one attached hydrogen (secondary N) is 1. The molecular formula is C15H14ClF2N3O. The quantitative estimate of drug-likeness (QED) is 0.918. The fourth-order valence-electron chi connectivity index (χ4n) is 1.79. The van der Waals surface area contributed by atoms with Crippen LogP contribution in [0.3, 0.4) is 0 Å². The third kappa shape index (κ3) is 4.46. The summed E-state index contributed by atoms with van der Waals surface area (Å²) in [6, 6.07) is 6.52. The largest absolute Gasteiger partial charge is 0.349 e. The Hall–Kier alpha value is -2.08. The van der Waals surface area contributed by atoms with Gasteiger partial charge < -0.3 is 5.32 Å². The monoisotopic (exact) mass is 325 g/mol. The van der Waals surface area contributed by atoms with Crippen LogP contribution in [0.5, 0.6) is 0 Å². The Morgan fingerprint density at radius 1 is 1.36 bits per heavy atom. The molecule has 1 aromatic heterocycles. The van der Waals surface area contributed by atoms with Gasteiger partial charge in [-0.25, -0.2) is 18.7 Å². The van der Waals surface area contributed by atoms with Gasteiger partial charge in [-0.1, -0.05) is 23.7 Å². The lowest BCUT2D eigenvalue weighted by atomic mass is 10.1. The number of aromatic nitrogens is 2. The van der Waals surface area contributed by atoms with Gasteiger partial charge in [0.2, 0.25) is 5.91 Å². The molecule has 0 spiro atoms. The first-order valence-corrected chi connectivity index (χ1v) is 6.95. The Labute approximate surface area is 131 Å². The molecule has 0 fully saturated rings. The van der Waals surface area contributed by atoms with E-state index in [2.05, 4.69) is 15.3 Å². The summed E-state index contributed by atoms with van der Waals surface area (Å²) in [5, 5.41) is 3.19. The Balaban J connectivity index is 1.92. The fraction of sp³-hybridized carbons (Fsp3) is 0.267. The van der Waals surface area contributed by atoms with Crippen LogP contribution >= 0.6 is 11.6 Å². The topological polar surface area (TPSA) is 54.9 Å². The highest BCUT2D eigenvalue weighted by molar-refractivity contribution is 6.31. The standard InChI is InChI=1S/C15H14ClF2N3O/c1-9-2-3-10(6-11(9)16)7-14(22)20-8-13-19-5-4-12(21-13)15(17)18/h2-6,15H,7-8H2,1H3,(H,20,22). The predicted molar refractivity (Wildman–Crippen MR) is 78.7 cm³/mol. The van der Waals surface area contributed by atoms with Crippen LogP contribution in [-0.4, -0.2) is 15.9 Å². The van der Waals surface area contributed by atoms with Gasteiger partial charge in [0, 0.05) is 11.2 Å². The number of hydrogen-bond donors (Lipinski definition) is 1. The Kier molecular flexibility index (Phi) is 5.38. The molecule has 0 aliphatic rings. The third-order valence-electron chi connectivity index (χ3n) is 3.00. The van der Waals surface area contributed by atoms with Crippen molar-refractivity contribution in [2.45, 2.75) is 26.3 Å². The normalized spacial score (nSPS) is 10.8. The first-order valence-electron chi connectivity index (χ1n) is 6.57. The van der Waals surface area contributed by atoms with Crippen LogP contribution in [0.25, 0.3) is 0 Å². The van der Waals surface area contributed by atoms with E-state index >= 15 is 0 Å². The molecule has 0 saturated carbocycles. The minimum absolute atomic E-state index is 0.00101. The van der Waals surface area contributed by atoms with E-state index in [0.29, 0.717) is 5.02 Å². The van der Waals surface area contributed by atoms with Crippen molar-refractivity contribution in [1.82, 2.24) is 15.3 Å². The van der Waals surface area contributed by atoms with Crippen LogP contribution in [0.4, 0.5) is 8.78 Å². The van der Waals surface area contributed by atoms with Crippen molar-refractivity contribution in [2.75, 3.05) is 0 Å². The summed E-state index contributed by atoms with van der Waals surface area (Å²) in [6.07, 6.45) is -1.27. The minimum Gasteiger partial charge on any atom is -0.349 e. The van der Waals surface area contributed by atoms with Gasteiger partial charge in [-0.15, -0.1) is 0 Å². The van der Waals surface area contributed by atoms with Crippen molar-refractivity contribution in [3.8, 4) is 0 Å². The SMILES string of the molecule is Cc1ccc(CC(=O)NCc2nccc(C(F)F)n2)cc1Cl. The third-order valence-corrected chi connectivity index (χ3v) is 3.40. The van der Waals surface area contributed by atoms with Crippen molar-refractivity contribution in [3.63, 3.8) is 0 Å². The molecule has 4 nitrogen and oxygen atoms in total. The van der Waals surface area contributed by atoms with Crippen molar-refractivity contribution in [2.24, 2.45) is 0 Å². The number of carbonyl (C=O) groups is 1. The Morgan fingerprint density at radius 2 is 2.14 bits per heavy atom. The molecule has 0 bridgehead atoms. The zero-order valence-electron chi connectivity index (χ0n) is 11.8. The maximum absolute atomic E-state index is 12.5. The Bertz CT molecular complexity index is 680. The van der Waals surface area contributed by atoms with Gasteiger partial charge in [0.25, 0.3) is 6.43 Å². The van der Waals surface area contributed by atoms with Crippen LogP contribution in [0.1, 0.15) is 29.1 Å². The van der Waals surface area contributed by atoms with Gasteiger partial charge in [0.05, 0.1) is 13.0 Å². The number of benzene rings is 1. The minimum atomic E-state index is -2.66. The number of halogens is 3. The molecule has 0 saturated heterocycles. The van der Waals surface area contributed by atoms with Crippen LogP contribution in [0, 0.1) is 6.92 Å². The summed E-state index contributed by atoms with van der Waals surface area (Å²) in [7, 11) is 0. The molecule has 7 heteroatoms. The van der Waals surface area contributed by atoms with Gasteiger partial charge in [-0.3, -0.25) is 4.79 Å². The van der Waals surface area contributed by atoms with E-state index in [1.165, 1.54) is 6.20 Å². The summed E-state index contributed by atoms with van der Waals surface area (Å²) >= 11 is 5.99. The summed E-state index contributed by atoms with van der Waals surface area (Å²) in [5.41, 5.74) is 1.35. The first-order chi connectivity index (χ1) is 10.5. The lowest BCUT2D eigenvalue weighted by molar-refractivity contribution is -0.120. The smallest absolute Gasteiger partial charge is 0.280 e. The number of hydrogen-bond acceptors (Lipinski definition) is 3. The molecule has 0 aliphatic carbocycles.